The molecule has 8 rings (SSSR count). The van der Waals surface area contributed by atoms with Crippen molar-refractivity contribution in [2.75, 3.05) is 56.1 Å². The Kier molecular flexibility index (Phi) is 6.08. The molecule has 44 heavy (non-hydrogen) atoms. The van der Waals surface area contributed by atoms with Gasteiger partial charge in [0, 0.05) is 44.2 Å². The number of pyridine rings is 1. The Bertz CT molecular complexity index is 1840. The summed E-state index contributed by atoms with van der Waals surface area (Å²) in [5.41, 5.74) is 1.74. The van der Waals surface area contributed by atoms with E-state index in [1.54, 1.807) is 17.0 Å². The zero-order valence-corrected chi connectivity index (χ0v) is 24.8. The summed E-state index contributed by atoms with van der Waals surface area (Å²) in [6.45, 7) is 3.25. The molecule has 1 saturated carbocycles. The second-order valence-electron chi connectivity index (χ2n) is 12.4. The van der Waals surface area contributed by atoms with Gasteiger partial charge in [0.05, 0.1) is 36.3 Å². The first-order chi connectivity index (χ1) is 21.2. The molecule has 3 saturated heterocycles. The lowest BCUT2D eigenvalue weighted by molar-refractivity contribution is -0.0161. The number of amides is 2. The number of benzene rings is 1. The van der Waals surface area contributed by atoms with Gasteiger partial charge in [0.15, 0.2) is 10.8 Å². The van der Waals surface area contributed by atoms with E-state index in [1.165, 1.54) is 23.5 Å². The molecule has 11 nitrogen and oxygen atoms in total. The van der Waals surface area contributed by atoms with Crippen LogP contribution in [0.15, 0.2) is 30.3 Å². The lowest BCUT2D eigenvalue weighted by Crippen LogP contribution is -2.66. The van der Waals surface area contributed by atoms with Crippen LogP contribution in [0, 0.1) is 28.5 Å². The molecule has 0 unspecified atom stereocenters. The second-order valence-corrected chi connectivity index (χ2v) is 13.4. The van der Waals surface area contributed by atoms with Gasteiger partial charge in [-0.25, -0.2) is 18.9 Å². The van der Waals surface area contributed by atoms with Crippen molar-refractivity contribution in [3.63, 3.8) is 0 Å². The Morgan fingerprint density at radius 1 is 1.14 bits per heavy atom. The molecule has 3 aliphatic heterocycles. The molecule has 4 aromatic rings. The monoisotopic (exact) mass is 617 g/mol. The highest BCUT2D eigenvalue weighted by Crippen LogP contribution is 2.46. The first kappa shape index (κ1) is 27.2. The summed E-state index contributed by atoms with van der Waals surface area (Å²) in [5, 5.41) is 25.3. The fourth-order valence-electron chi connectivity index (χ4n) is 6.65. The van der Waals surface area contributed by atoms with Crippen molar-refractivity contribution >= 4 is 45.0 Å². The molecule has 1 aromatic carbocycles. The molecule has 4 fully saturated rings. The number of thiazole rings is 1. The maximum atomic E-state index is 15.6. The van der Waals surface area contributed by atoms with Gasteiger partial charge in [0.2, 0.25) is 5.95 Å². The Morgan fingerprint density at radius 3 is 2.57 bits per heavy atom. The van der Waals surface area contributed by atoms with Gasteiger partial charge in [0.25, 0.3) is 0 Å². The molecule has 1 N–H and O–H groups in total. The highest BCUT2D eigenvalue weighted by molar-refractivity contribution is 7.16. The Labute approximate surface area is 255 Å². The van der Waals surface area contributed by atoms with E-state index in [9.17, 15) is 19.6 Å². The van der Waals surface area contributed by atoms with Crippen LogP contribution >= 0.6 is 11.3 Å². The lowest BCUT2D eigenvalue weighted by Gasteiger charge is -2.51. The molecular weight excluding hydrogens is 588 g/mol. The van der Waals surface area contributed by atoms with Crippen LogP contribution in [-0.4, -0.2) is 93.1 Å². The minimum atomic E-state index is -0.578. The second kappa shape index (κ2) is 9.83. The van der Waals surface area contributed by atoms with Crippen LogP contribution in [0.5, 0.6) is 0 Å². The van der Waals surface area contributed by atoms with E-state index >= 15 is 4.39 Å². The largest absolute Gasteiger partial charge is 0.389 e. The van der Waals surface area contributed by atoms with Crippen molar-refractivity contribution in [2.45, 2.75) is 31.4 Å². The number of hydrogen-bond donors (Lipinski definition) is 1. The number of rotatable bonds is 5. The van der Waals surface area contributed by atoms with Gasteiger partial charge in [-0.15, -0.1) is 0 Å². The zero-order chi connectivity index (χ0) is 30.3. The molecule has 1 spiro atoms. The number of carbonyl (C=O) groups excluding carboxylic acids is 1. The smallest absolute Gasteiger partial charge is 0.320 e. The van der Waals surface area contributed by atoms with Gasteiger partial charge in [0.1, 0.15) is 28.3 Å². The maximum absolute atomic E-state index is 15.6. The van der Waals surface area contributed by atoms with E-state index in [2.05, 4.69) is 11.1 Å². The first-order valence-electron chi connectivity index (χ1n) is 14.7. The molecule has 0 atom stereocenters. The zero-order valence-electron chi connectivity index (χ0n) is 23.9. The Hall–Kier alpha value is -4.35. The van der Waals surface area contributed by atoms with Crippen molar-refractivity contribution in [3.05, 3.63) is 47.0 Å². The van der Waals surface area contributed by atoms with E-state index in [1.807, 2.05) is 32.5 Å². The number of aliphatic hydroxyl groups excluding tert-OH is 1. The average molecular weight is 618 g/mol. The van der Waals surface area contributed by atoms with Gasteiger partial charge >= 0.3 is 6.03 Å². The van der Waals surface area contributed by atoms with E-state index < -0.39 is 12.1 Å². The van der Waals surface area contributed by atoms with E-state index in [-0.39, 0.29) is 23.3 Å². The number of aliphatic hydroxyl groups is 1. The standard InChI is InChI=1S/C30H29F2N9O2S/c1-37(28-34-24(23(11-33)44-28)17-2-4-18(31)5-3-17)27-21-10-22(25(32)35-26(21)36-41(27)19-6-7-19)38-9-8-30(14-38)15-40(16-30)29(43)39-12-20(42)13-39/h2-5,10,19-20,42H,6-9,12-16H2,1H3. The number of aromatic nitrogens is 4. The number of nitriles is 1. The third-order valence-electron chi connectivity index (χ3n) is 9.17. The fraction of sp³-hybridized carbons (Fsp3) is 0.433. The number of urea groups is 1. The maximum Gasteiger partial charge on any atom is 0.320 e. The predicted octanol–water partition coefficient (Wildman–Crippen LogP) is 4.12. The van der Waals surface area contributed by atoms with Crippen LogP contribution in [0.4, 0.5) is 30.2 Å². The SMILES string of the molecule is CN(c1nc(-c2ccc(F)cc2)c(C#N)s1)c1c2cc(N3CCC4(CN(C(=O)N5CC(O)C5)C4)C3)c(F)nc2nn1C1CC1. The summed E-state index contributed by atoms with van der Waals surface area (Å²) in [7, 11) is 1.86. The summed E-state index contributed by atoms with van der Waals surface area (Å²) < 4.78 is 31.0. The first-order valence-corrected chi connectivity index (χ1v) is 15.5. The number of fused-ring (bicyclic) bond motifs is 1. The molecule has 4 aliphatic rings. The minimum Gasteiger partial charge on any atom is -0.389 e. The highest BCUT2D eigenvalue weighted by atomic mass is 32.1. The lowest BCUT2D eigenvalue weighted by atomic mass is 9.79. The quantitative estimate of drug-likeness (QED) is 0.333. The number of β-amino-alcohol motifs (C(OH)–C–C–N with tert-alkyl or cyclic N) is 1. The molecule has 0 radical (unpaired) electrons. The van der Waals surface area contributed by atoms with Crippen LogP contribution in [-0.2, 0) is 0 Å². The number of anilines is 3. The number of hydrogen-bond acceptors (Lipinski definition) is 9. The van der Waals surface area contributed by atoms with Crippen LogP contribution in [0.3, 0.4) is 0 Å². The fourth-order valence-corrected chi connectivity index (χ4v) is 7.49. The predicted molar refractivity (Wildman–Crippen MR) is 160 cm³/mol. The van der Waals surface area contributed by atoms with Gasteiger partial charge in [-0.05, 0) is 49.6 Å². The van der Waals surface area contributed by atoms with Crippen molar-refractivity contribution in [1.82, 2.24) is 29.5 Å². The van der Waals surface area contributed by atoms with Crippen LogP contribution in [0.2, 0.25) is 0 Å². The molecular formula is C30H29F2N9O2S. The Balaban J connectivity index is 1.10. The van der Waals surface area contributed by atoms with Gasteiger partial charge in [-0.2, -0.15) is 19.7 Å². The number of halogens is 2. The number of likely N-dealkylation sites (tertiary alicyclic amines) is 2. The third kappa shape index (κ3) is 4.36. The molecule has 2 amide bonds. The summed E-state index contributed by atoms with van der Waals surface area (Å²) in [5.74, 6) is -0.216. The van der Waals surface area contributed by atoms with Crippen molar-refractivity contribution in [3.8, 4) is 17.3 Å². The molecule has 14 heteroatoms. The van der Waals surface area contributed by atoms with Crippen LogP contribution < -0.4 is 9.80 Å². The molecule has 6 heterocycles. The summed E-state index contributed by atoms with van der Waals surface area (Å²) in [6.07, 6.45) is 2.31. The normalized spacial score (nSPS) is 19.4. The van der Waals surface area contributed by atoms with E-state index in [0.29, 0.717) is 77.3 Å². The average Bonchev–Trinajstić information content (AvgIpc) is 3.41. The van der Waals surface area contributed by atoms with E-state index in [4.69, 9.17) is 10.1 Å². The molecule has 3 aromatic heterocycles. The summed E-state index contributed by atoms with van der Waals surface area (Å²) >= 11 is 1.23. The highest BCUT2D eigenvalue weighted by Gasteiger charge is 2.51. The van der Waals surface area contributed by atoms with Crippen molar-refractivity contribution in [1.29, 1.82) is 5.26 Å². The van der Waals surface area contributed by atoms with Crippen molar-refractivity contribution < 1.29 is 18.7 Å². The summed E-state index contributed by atoms with van der Waals surface area (Å²) in [6, 6.07) is 10.1. The molecule has 226 valence electrons. The minimum absolute atomic E-state index is 0.0434. The van der Waals surface area contributed by atoms with Gasteiger partial charge in [-0.1, -0.05) is 11.3 Å². The topological polar surface area (TPSA) is 118 Å². The van der Waals surface area contributed by atoms with Crippen LogP contribution in [0.1, 0.15) is 30.2 Å². The molecule has 0 bridgehead atoms. The summed E-state index contributed by atoms with van der Waals surface area (Å²) in [4.78, 5) is 29.5. The molecule has 1 aliphatic carbocycles. The third-order valence-corrected chi connectivity index (χ3v) is 10.2. The van der Waals surface area contributed by atoms with Gasteiger partial charge < -0.3 is 24.7 Å². The Morgan fingerprint density at radius 2 is 1.89 bits per heavy atom. The number of nitrogens with zero attached hydrogens (tertiary/aromatic N) is 9. The van der Waals surface area contributed by atoms with Crippen molar-refractivity contribution in [2.24, 2.45) is 5.41 Å². The van der Waals surface area contributed by atoms with Crippen LogP contribution in [0.25, 0.3) is 22.3 Å². The van der Waals surface area contributed by atoms with E-state index in [0.717, 1.165) is 25.1 Å². The number of carbonyl (C=O) groups is 1. The van der Waals surface area contributed by atoms with Gasteiger partial charge in [-0.3, -0.25) is 0 Å².